The van der Waals surface area contributed by atoms with Crippen LogP contribution in [0.3, 0.4) is 0 Å². The minimum absolute atomic E-state index is 0.0180. The molecule has 30 heavy (non-hydrogen) atoms. The number of halogens is 1. The Morgan fingerprint density at radius 2 is 2.07 bits per heavy atom. The van der Waals surface area contributed by atoms with Crippen molar-refractivity contribution < 1.29 is 24.1 Å². The van der Waals surface area contributed by atoms with E-state index in [2.05, 4.69) is 12.6 Å². The third kappa shape index (κ3) is 4.97. The summed E-state index contributed by atoms with van der Waals surface area (Å²) in [5.74, 6) is 0.275. The molecule has 0 spiro atoms. The minimum atomic E-state index is -1.04. The molecule has 1 fully saturated rings. The predicted octanol–water partition coefficient (Wildman–Crippen LogP) is 5.64. The van der Waals surface area contributed by atoms with Crippen LogP contribution < -0.4 is 9.47 Å². The van der Waals surface area contributed by atoms with Gasteiger partial charge in [0, 0.05) is 22.4 Å². The standard InChI is InChI=1S/C24H27ClO5/c1-14(2)19-12-20(16-6-5-7-17(25)10-16)15(3)30-24(19)21-11-18(28-4)8-9-22(21)29-13-23(26)27/h5-11,15,19-20,24H,1,12-13H2,2-4H3,(H,26,27)/t15-,19+,20-,24-/m0/s1. The van der Waals surface area contributed by atoms with Crippen LogP contribution in [-0.4, -0.2) is 30.9 Å². The molecule has 160 valence electrons. The lowest BCUT2D eigenvalue weighted by Crippen LogP contribution is -2.34. The molecule has 0 bridgehead atoms. The highest BCUT2D eigenvalue weighted by Gasteiger charge is 2.39. The van der Waals surface area contributed by atoms with Gasteiger partial charge < -0.3 is 19.3 Å². The Labute approximate surface area is 182 Å². The summed E-state index contributed by atoms with van der Waals surface area (Å²) in [5, 5.41) is 9.74. The fourth-order valence-corrected chi connectivity index (χ4v) is 4.25. The first kappa shape index (κ1) is 22.2. The van der Waals surface area contributed by atoms with Gasteiger partial charge in [-0.3, -0.25) is 0 Å². The summed E-state index contributed by atoms with van der Waals surface area (Å²) < 4.78 is 17.5. The van der Waals surface area contributed by atoms with Crippen molar-refractivity contribution in [1.29, 1.82) is 0 Å². The van der Waals surface area contributed by atoms with Gasteiger partial charge in [0.1, 0.15) is 11.5 Å². The predicted molar refractivity (Wildman–Crippen MR) is 117 cm³/mol. The molecular formula is C24H27ClO5. The summed E-state index contributed by atoms with van der Waals surface area (Å²) >= 11 is 6.21. The van der Waals surface area contributed by atoms with Crippen LogP contribution in [0.2, 0.25) is 5.02 Å². The van der Waals surface area contributed by atoms with E-state index >= 15 is 0 Å². The number of carboxylic acids is 1. The second-order valence-electron chi connectivity index (χ2n) is 7.70. The number of methoxy groups -OCH3 is 1. The number of ether oxygens (including phenoxy) is 3. The maximum absolute atomic E-state index is 11.0. The summed E-state index contributed by atoms with van der Waals surface area (Å²) in [6.45, 7) is 7.81. The molecule has 3 rings (SSSR count). The highest BCUT2D eigenvalue weighted by atomic mass is 35.5. The Hall–Kier alpha value is -2.50. The molecule has 1 heterocycles. The molecule has 0 amide bonds. The molecule has 0 aliphatic carbocycles. The number of aliphatic carboxylic acids is 1. The normalized spacial score (nSPS) is 23.6. The molecular weight excluding hydrogens is 404 g/mol. The van der Waals surface area contributed by atoms with Gasteiger partial charge in [-0.25, -0.2) is 4.79 Å². The maximum atomic E-state index is 11.0. The first-order chi connectivity index (χ1) is 14.3. The van der Waals surface area contributed by atoms with Crippen LogP contribution in [0.5, 0.6) is 11.5 Å². The molecule has 5 nitrogen and oxygen atoms in total. The van der Waals surface area contributed by atoms with Crippen LogP contribution in [0.1, 0.15) is 43.4 Å². The van der Waals surface area contributed by atoms with Crippen molar-refractivity contribution in [2.75, 3.05) is 13.7 Å². The van der Waals surface area contributed by atoms with Crippen LogP contribution in [0.4, 0.5) is 0 Å². The molecule has 2 aromatic carbocycles. The number of hydrogen-bond donors (Lipinski definition) is 1. The summed E-state index contributed by atoms with van der Waals surface area (Å²) in [7, 11) is 1.59. The van der Waals surface area contributed by atoms with Gasteiger partial charge in [0.05, 0.1) is 19.3 Å². The van der Waals surface area contributed by atoms with Gasteiger partial charge in [0.2, 0.25) is 0 Å². The minimum Gasteiger partial charge on any atom is -0.497 e. The lowest BCUT2D eigenvalue weighted by atomic mass is 9.76. The van der Waals surface area contributed by atoms with Crippen LogP contribution in [-0.2, 0) is 9.53 Å². The highest BCUT2D eigenvalue weighted by Crippen LogP contribution is 2.48. The zero-order valence-electron chi connectivity index (χ0n) is 17.4. The summed E-state index contributed by atoms with van der Waals surface area (Å²) in [6, 6.07) is 13.2. The van der Waals surface area contributed by atoms with Crippen molar-refractivity contribution >= 4 is 17.6 Å². The lowest BCUT2D eigenvalue weighted by Gasteiger charge is -2.42. The summed E-state index contributed by atoms with van der Waals surface area (Å²) in [4.78, 5) is 11.0. The Balaban J connectivity index is 1.97. The second kappa shape index (κ2) is 9.54. The molecule has 6 heteroatoms. The van der Waals surface area contributed by atoms with E-state index in [1.807, 2.05) is 38.1 Å². The fourth-order valence-electron chi connectivity index (χ4n) is 4.05. The summed E-state index contributed by atoms with van der Waals surface area (Å²) in [6.07, 6.45) is 0.423. The molecule has 4 atom stereocenters. The molecule has 0 saturated carbocycles. The smallest absolute Gasteiger partial charge is 0.341 e. The van der Waals surface area contributed by atoms with Gasteiger partial charge in [-0.05, 0) is 56.2 Å². The third-order valence-electron chi connectivity index (χ3n) is 5.59. The fraction of sp³-hybridized carbons (Fsp3) is 0.375. The monoisotopic (exact) mass is 430 g/mol. The Morgan fingerprint density at radius 3 is 2.70 bits per heavy atom. The van der Waals surface area contributed by atoms with Crippen molar-refractivity contribution in [2.24, 2.45) is 5.92 Å². The van der Waals surface area contributed by atoms with Crippen LogP contribution in [0.25, 0.3) is 0 Å². The van der Waals surface area contributed by atoms with E-state index in [0.29, 0.717) is 16.5 Å². The molecule has 0 unspecified atom stereocenters. The van der Waals surface area contributed by atoms with E-state index in [0.717, 1.165) is 23.1 Å². The van der Waals surface area contributed by atoms with E-state index < -0.39 is 12.6 Å². The average Bonchev–Trinajstić information content (AvgIpc) is 2.71. The highest BCUT2D eigenvalue weighted by molar-refractivity contribution is 6.30. The Bertz CT molecular complexity index is 926. The quantitative estimate of drug-likeness (QED) is 0.576. The van der Waals surface area contributed by atoms with Crippen LogP contribution in [0.15, 0.2) is 54.6 Å². The van der Waals surface area contributed by atoms with E-state index in [-0.39, 0.29) is 24.0 Å². The molecule has 2 aromatic rings. The van der Waals surface area contributed by atoms with Gasteiger partial charge in [0.15, 0.2) is 6.61 Å². The molecule has 0 aromatic heterocycles. The largest absolute Gasteiger partial charge is 0.497 e. The first-order valence-electron chi connectivity index (χ1n) is 9.89. The first-order valence-corrected chi connectivity index (χ1v) is 10.3. The molecule has 0 radical (unpaired) electrons. The van der Waals surface area contributed by atoms with E-state index in [1.54, 1.807) is 19.2 Å². The van der Waals surface area contributed by atoms with Crippen molar-refractivity contribution in [3.05, 3.63) is 70.8 Å². The van der Waals surface area contributed by atoms with Crippen molar-refractivity contribution in [3.8, 4) is 11.5 Å². The van der Waals surface area contributed by atoms with Crippen LogP contribution >= 0.6 is 11.6 Å². The van der Waals surface area contributed by atoms with Gasteiger partial charge >= 0.3 is 5.97 Å². The molecule has 1 aliphatic heterocycles. The van der Waals surface area contributed by atoms with Crippen LogP contribution in [0, 0.1) is 5.92 Å². The number of carbonyl (C=O) groups is 1. The topological polar surface area (TPSA) is 65.0 Å². The van der Waals surface area contributed by atoms with Gasteiger partial charge in [0.25, 0.3) is 0 Å². The average molecular weight is 431 g/mol. The van der Waals surface area contributed by atoms with Crippen molar-refractivity contribution in [1.82, 2.24) is 0 Å². The molecule has 1 N–H and O–H groups in total. The van der Waals surface area contributed by atoms with E-state index in [9.17, 15) is 4.79 Å². The molecule has 1 aliphatic rings. The number of hydrogen-bond acceptors (Lipinski definition) is 4. The van der Waals surface area contributed by atoms with Gasteiger partial charge in [-0.1, -0.05) is 35.9 Å². The zero-order chi connectivity index (χ0) is 21.8. The van der Waals surface area contributed by atoms with E-state index in [1.165, 1.54) is 0 Å². The number of benzene rings is 2. The van der Waals surface area contributed by atoms with Gasteiger partial charge in [-0.15, -0.1) is 0 Å². The van der Waals surface area contributed by atoms with E-state index in [4.69, 9.17) is 30.9 Å². The summed E-state index contributed by atoms with van der Waals surface area (Å²) in [5.41, 5.74) is 2.89. The maximum Gasteiger partial charge on any atom is 0.341 e. The number of carboxylic acid groups (broad SMARTS) is 1. The third-order valence-corrected chi connectivity index (χ3v) is 5.82. The second-order valence-corrected chi connectivity index (χ2v) is 8.13. The Morgan fingerprint density at radius 1 is 1.30 bits per heavy atom. The lowest BCUT2D eigenvalue weighted by molar-refractivity contribution is -0.139. The molecule has 1 saturated heterocycles. The SMILES string of the molecule is C=C(C)[C@H]1C[C@H](c2cccc(Cl)c2)[C@H](C)O[C@@H]1c1cc(OC)ccc1OCC(=O)O. The van der Waals surface area contributed by atoms with Crippen molar-refractivity contribution in [2.45, 2.75) is 38.4 Å². The van der Waals surface area contributed by atoms with Crippen molar-refractivity contribution in [3.63, 3.8) is 0 Å². The zero-order valence-corrected chi connectivity index (χ0v) is 18.2. The Kier molecular flexibility index (Phi) is 7.06. The number of rotatable bonds is 7. The van der Waals surface area contributed by atoms with Gasteiger partial charge in [-0.2, -0.15) is 0 Å².